The third-order valence-electron chi connectivity index (χ3n) is 6.12. The minimum Gasteiger partial charge on any atom is -0.508 e. The number of benzene rings is 3. The minimum absolute atomic E-state index is 0.101. The van der Waals surface area contributed by atoms with Crippen molar-refractivity contribution in [2.75, 3.05) is 6.54 Å². The Morgan fingerprint density at radius 1 is 0.875 bits per heavy atom. The van der Waals surface area contributed by atoms with Crippen molar-refractivity contribution in [3.63, 3.8) is 0 Å². The molecule has 0 saturated heterocycles. The summed E-state index contributed by atoms with van der Waals surface area (Å²) in [5, 5.41) is 16.4. The summed E-state index contributed by atoms with van der Waals surface area (Å²) in [5.41, 5.74) is 1.27. The molecule has 3 rings (SSSR count). The molecule has 3 aromatic carbocycles. The Hall–Kier alpha value is -4.33. The number of phenolic OH excluding ortho intramolecular Hbond substituents is 1. The van der Waals surface area contributed by atoms with Crippen LogP contribution >= 0.6 is 0 Å². The number of ether oxygens (including phenoxy) is 1. The third-order valence-corrected chi connectivity index (χ3v) is 6.12. The molecule has 3 N–H and O–H groups in total. The van der Waals surface area contributed by atoms with Gasteiger partial charge in [0.05, 0.1) is 0 Å². The molecule has 0 aliphatic heterocycles. The summed E-state index contributed by atoms with van der Waals surface area (Å²) in [6, 6.07) is 23.1. The molecule has 0 heterocycles. The molecule has 0 bridgehead atoms. The van der Waals surface area contributed by atoms with Gasteiger partial charge in [-0.3, -0.25) is 9.59 Å². The summed E-state index contributed by atoms with van der Waals surface area (Å²) in [5.74, 6) is -1.00. The Bertz CT molecular complexity index is 1260. The fraction of sp³-hybridized carbons (Fsp3) is 0.344. The van der Waals surface area contributed by atoms with Crippen LogP contribution in [0.2, 0.25) is 0 Å². The number of rotatable bonds is 11. The van der Waals surface area contributed by atoms with Crippen molar-refractivity contribution in [2.45, 2.75) is 64.8 Å². The smallest absolute Gasteiger partial charge is 0.408 e. The van der Waals surface area contributed by atoms with Gasteiger partial charge in [0.25, 0.3) is 0 Å². The largest absolute Gasteiger partial charge is 0.508 e. The molecule has 0 radical (unpaired) electrons. The van der Waals surface area contributed by atoms with E-state index in [1.54, 1.807) is 39.0 Å². The molecule has 2 unspecified atom stereocenters. The van der Waals surface area contributed by atoms with E-state index in [4.69, 9.17) is 4.74 Å². The molecule has 0 saturated carbocycles. The lowest BCUT2D eigenvalue weighted by Crippen LogP contribution is -2.54. The van der Waals surface area contributed by atoms with Crippen molar-refractivity contribution in [2.24, 2.45) is 0 Å². The van der Waals surface area contributed by atoms with E-state index in [0.717, 1.165) is 11.1 Å². The third kappa shape index (κ3) is 8.86. The van der Waals surface area contributed by atoms with Crippen molar-refractivity contribution in [1.29, 1.82) is 0 Å². The molecule has 8 nitrogen and oxygen atoms in total. The lowest BCUT2D eigenvalue weighted by Gasteiger charge is -2.34. The van der Waals surface area contributed by atoms with Gasteiger partial charge in [-0.25, -0.2) is 4.79 Å². The number of hydrogen-bond acceptors (Lipinski definition) is 5. The van der Waals surface area contributed by atoms with E-state index in [1.807, 2.05) is 67.6 Å². The van der Waals surface area contributed by atoms with Crippen LogP contribution < -0.4 is 10.6 Å². The van der Waals surface area contributed by atoms with Crippen LogP contribution in [0.25, 0.3) is 0 Å². The summed E-state index contributed by atoms with van der Waals surface area (Å²) in [4.78, 5) is 42.2. The number of aromatic hydroxyl groups is 1. The van der Waals surface area contributed by atoms with Crippen molar-refractivity contribution < 1.29 is 24.2 Å². The summed E-state index contributed by atoms with van der Waals surface area (Å²) >= 11 is 0. The first kappa shape index (κ1) is 30.2. The first-order chi connectivity index (χ1) is 19.1. The molecule has 0 aliphatic rings. The van der Waals surface area contributed by atoms with Crippen LogP contribution in [0.4, 0.5) is 4.79 Å². The number of alkyl carbamates (subject to hydrolysis) is 1. The predicted molar refractivity (Wildman–Crippen MR) is 154 cm³/mol. The van der Waals surface area contributed by atoms with Gasteiger partial charge in [0.15, 0.2) is 0 Å². The zero-order valence-corrected chi connectivity index (χ0v) is 23.6. The lowest BCUT2D eigenvalue weighted by molar-refractivity contribution is -0.142. The second-order valence-corrected chi connectivity index (χ2v) is 10.6. The molecule has 40 heavy (non-hydrogen) atoms. The second-order valence-electron chi connectivity index (χ2n) is 10.6. The monoisotopic (exact) mass is 545 g/mol. The van der Waals surface area contributed by atoms with Gasteiger partial charge in [-0.2, -0.15) is 0 Å². The lowest BCUT2D eigenvalue weighted by atomic mass is 9.99. The highest BCUT2D eigenvalue weighted by Crippen LogP contribution is 2.30. The zero-order valence-electron chi connectivity index (χ0n) is 23.6. The number of hydrogen-bond donors (Lipinski definition) is 3. The fourth-order valence-electron chi connectivity index (χ4n) is 4.36. The number of amides is 3. The van der Waals surface area contributed by atoms with Gasteiger partial charge in [0.1, 0.15) is 23.4 Å². The first-order valence-corrected chi connectivity index (χ1v) is 13.5. The number of carbonyl (C=O) groups excluding carboxylic acids is 3. The van der Waals surface area contributed by atoms with E-state index >= 15 is 0 Å². The van der Waals surface area contributed by atoms with Gasteiger partial charge in [0.2, 0.25) is 11.8 Å². The molecule has 3 aromatic rings. The van der Waals surface area contributed by atoms with E-state index in [2.05, 4.69) is 10.6 Å². The maximum Gasteiger partial charge on any atom is 0.408 e. The minimum atomic E-state index is -1.13. The number of para-hydroxylation sites is 1. The van der Waals surface area contributed by atoms with Crippen LogP contribution in [0.15, 0.2) is 84.9 Å². The Labute approximate surface area is 236 Å². The average Bonchev–Trinajstić information content (AvgIpc) is 2.92. The molecule has 3 amide bonds. The summed E-state index contributed by atoms with van der Waals surface area (Å²) in [7, 11) is 0. The summed E-state index contributed by atoms with van der Waals surface area (Å²) in [6.45, 7) is 7.61. The van der Waals surface area contributed by atoms with Crippen LogP contribution in [0, 0.1) is 0 Å². The van der Waals surface area contributed by atoms with E-state index in [9.17, 15) is 19.5 Å². The van der Waals surface area contributed by atoms with Gasteiger partial charge in [0, 0.05) is 25.1 Å². The van der Waals surface area contributed by atoms with Crippen LogP contribution in [-0.4, -0.2) is 46.1 Å². The SMILES string of the molecule is CCCN(C(=O)C(Cc1ccccc1)NC(=O)OC(C)(C)C)C(C(=O)NCc1ccccc1)c1ccccc1O. The Kier molecular flexibility index (Phi) is 10.7. The quantitative estimate of drug-likeness (QED) is 0.310. The number of phenols is 1. The van der Waals surface area contributed by atoms with Crippen molar-refractivity contribution >= 4 is 17.9 Å². The molecular weight excluding hydrogens is 506 g/mol. The van der Waals surface area contributed by atoms with Crippen molar-refractivity contribution in [3.8, 4) is 5.75 Å². The van der Waals surface area contributed by atoms with Gasteiger partial charge in [-0.15, -0.1) is 0 Å². The molecule has 2 atom stereocenters. The number of nitrogens with zero attached hydrogens (tertiary/aromatic N) is 1. The van der Waals surface area contributed by atoms with Crippen LogP contribution in [0.3, 0.4) is 0 Å². The van der Waals surface area contributed by atoms with E-state index < -0.39 is 35.6 Å². The number of nitrogens with one attached hydrogen (secondary N) is 2. The summed E-state index contributed by atoms with van der Waals surface area (Å²) < 4.78 is 5.45. The van der Waals surface area contributed by atoms with E-state index in [0.29, 0.717) is 12.0 Å². The average molecular weight is 546 g/mol. The van der Waals surface area contributed by atoms with Gasteiger partial charge >= 0.3 is 6.09 Å². The standard InChI is InChI=1S/C32H39N3O5/c1-5-20-35(30(38)26(21-23-14-8-6-9-15-23)34-31(39)40-32(2,3)4)28(25-18-12-13-19-27(25)36)29(37)33-22-24-16-10-7-11-17-24/h6-19,26,28,36H,5,20-22H2,1-4H3,(H,33,37)(H,34,39). The van der Waals surface area contributed by atoms with E-state index in [-0.39, 0.29) is 25.3 Å². The molecule has 0 aliphatic carbocycles. The fourth-order valence-corrected chi connectivity index (χ4v) is 4.36. The highest BCUT2D eigenvalue weighted by atomic mass is 16.6. The molecule has 212 valence electrons. The van der Waals surface area contributed by atoms with E-state index in [1.165, 1.54) is 11.0 Å². The van der Waals surface area contributed by atoms with Gasteiger partial charge in [-0.1, -0.05) is 85.8 Å². The molecule has 0 fully saturated rings. The molecule has 0 spiro atoms. The Morgan fingerprint density at radius 2 is 1.45 bits per heavy atom. The Morgan fingerprint density at radius 3 is 2.02 bits per heavy atom. The highest BCUT2D eigenvalue weighted by Gasteiger charge is 2.37. The van der Waals surface area contributed by atoms with Crippen LogP contribution in [-0.2, 0) is 27.3 Å². The van der Waals surface area contributed by atoms with Crippen LogP contribution in [0.1, 0.15) is 56.8 Å². The molecule has 0 aromatic heterocycles. The Balaban J connectivity index is 1.98. The summed E-state index contributed by atoms with van der Waals surface area (Å²) in [6.07, 6.45) is 0.00995. The zero-order chi connectivity index (χ0) is 29.1. The topological polar surface area (TPSA) is 108 Å². The van der Waals surface area contributed by atoms with Gasteiger partial charge < -0.3 is 25.4 Å². The predicted octanol–water partition coefficient (Wildman–Crippen LogP) is 5.12. The molecule has 8 heteroatoms. The van der Waals surface area contributed by atoms with Crippen molar-refractivity contribution in [1.82, 2.24) is 15.5 Å². The van der Waals surface area contributed by atoms with Crippen molar-refractivity contribution in [3.05, 3.63) is 102 Å². The number of carbonyl (C=O) groups is 3. The maximum absolute atomic E-state index is 14.2. The van der Waals surface area contributed by atoms with Gasteiger partial charge in [-0.05, 0) is 44.4 Å². The highest BCUT2D eigenvalue weighted by molar-refractivity contribution is 5.92. The maximum atomic E-state index is 14.2. The first-order valence-electron chi connectivity index (χ1n) is 13.5. The molecular formula is C32H39N3O5. The van der Waals surface area contributed by atoms with Crippen LogP contribution in [0.5, 0.6) is 5.75 Å². The second kappa shape index (κ2) is 14.2. The normalized spacial score (nSPS) is 12.6.